The van der Waals surface area contributed by atoms with E-state index < -0.39 is 0 Å². The zero-order valence-corrected chi connectivity index (χ0v) is 8.76. The molecule has 0 nitrogen and oxygen atoms in total. The maximum atomic E-state index is 3.21. The number of thioether (sulfide) groups is 1. The average Bonchev–Trinajstić information content (AvgIpc) is 2.72. The van der Waals surface area contributed by atoms with E-state index in [9.17, 15) is 0 Å². The summed E-state index contributed by atoms with van der Waals surface area (Å²) in [5, 5.41) is 0. The molecule has 0 atom stereocenters. The standard InChI is InChI=1S/C13H12S/c1-2-8-13(9-3-1)14-11-10-12-6-4-5-7-12/h1-6,8-9H,10-11H2. The zero-order valence-electron chi connectivity index (χ0n) is 7.94. The van der Waals surface area contributed by atoms with Gasteiger partial charge in [0.05, 0.1) is 0 Å². The van der Waals surface area contributed by atoms with Crippen LogP contribution in [-0.4, -0.2) is 5.75 Å². The first-order valence-electron chi connectivity index (χ1n) is 4.75. The molecule has 0 saturated heterocycles. The molecule has 0 bridgehead atoms. The molecule has 0 amide bonds. The summed E-state index contributed by atoms with van der Waals surface area (Å²) in [6.45, 7) is 0. The van der Waals surface area contributed by atoms with Crippen LogP contribution in [0.3, 0.4) is 0 Å². The number of hydrogen-bond acceptors (Lipinski definition) is 1. The van der Waals surface area contributed by atoms with Crippen LogP contribution < -0.4 is 0 Å². The summed E-state index contributed by atoms with van der Waals surface area (Å²) >= 11 is 1.90. The van der Waals surface area contributed by atoms with Crippen molar-refractivity contribution in [3.05, 3.63) is 59.9 Å². The fraction of sp³-hybridized carbons (Fsp3) is 0.154. The average molecular weight is 200 g/mol. The van der Waals surface area contributed by atoms with Crippen LogP contribution in [0.4, 0.5) is 0 Å². The fourth-order valence-electron chi connectivity index (χ4n) is 1.32. The highest BCUT2D eigenvalue weighted by atomic mass is 32.2. The minimum atomic E-state index is 1.10. The predicted molar refractivity (Wildman–Crippen MR) is 62.5 cm³/mol. The lowest BCUT2D eigenvalue weighted by molar-refractivity contribution is 1.17. The van der Waals surface area contributed by atoms with Gasteiger partial charge in [-0.2, -0.15) is 0 Å². The fourth-order valence-corrected chi connectivity index (χ4v) is 2.23. The van der Waals surface area contributed by atoms with Crippen LogP contribution in [-0.2, 0) is 0 Å². The van der Waals surface area contributed by atoms with E-state index in [2.05, 4.69) is 42.1 Å². The topological polar surface area (TPSA) is 0 Å². The SMILES string of the molecule is C1=CC=CC=1CCSc1ccccc1. The zero-order chi connectivity index (χ0) is 9.64. The summed E-state index contributed by atoms with van der Waals surface area (Å²) < 4.78 is 0. The second-order valence-corrected chi connectivity index (χ2v) is 4.28. The summed E-state index contributed by atoms with van der Waals surface area (Å²) in [7, 11) is 0. The molecule has 70 valence electrons. The van der Waals surface area contributed by atoms with E-state index in [1.165, 1.54) is 10.5 Å². The summed E-state index contributed by atoms with van der Waals surface area (Å²) in [5.41, 5.74) is 4.52. The molecular formula is C13H12S. The normalized spacial score (nSPS) is 13.3. The quantitative estimate of drug-likeness (QED) is 0.526. The second kappa shape index (κ2) is 4.90. The van der Waals surface area contributed by atoms with Gasteiger partial charge in [-0.3, -0.25) is 0 Å². The van der Waals surface area contributed by atoms with Crippen molar-refractivity contribution >= 4 is 11.8 Å². The Morgan fingerprint density at radius 3 is 2.71 bits per heavy atom. The lowest BCUT2D eigenvalue weighted by Gasteiger charge is -1.99. The Balaban J connectivity index is 1.79. The summed E-state index contributed by atoms with van der Waals surface area (Å²) in [6, 6.07) is 10.5. The van der Waals surface area contributed by atoms with Crippen LogP contribution >= 0.6 is 11.8 Å². The Kier molecular flexibility index (Phi) is 3.28. The predicted octanol–water partition coefficient (Wildman–Crippen LogP) is 3.82. The van der Waals surface area contributed by atoms with Gasteiger partial charge in [-0.05, 0) is 30.2 Å². The Labute approximate surface area is 89.0 Å². The third-order valence-corrected chi connectivity index (χ3v) is 3.06. The molecule has 1 aromatic rings. The van der Waals surface area contributed by atoms with Crippen LogP contribution in [0.15, 0.2) is 64.8 Å². The highest BCUT2D eigenvalue weighted by Gasteiger charge is 1.96. The largest absolute Gasteiger partial charge is 0.126 e. The number of allylic oxidation sites excluding steroid dienone is 3. The molecule has 0 radical (unpaired) electrons. The van der Waals surface area contributed by atoms with Gasteiger partial charge in [0.25, 0.3) is 0 Å². The van der Waals surface area contributed by atoms with Crippen molar-refractivity contribution in [1.82, 2.24) is 0 Å². The van der Waals surface area contributed by atoms with Gasteiger partial charge < -0.3 is 0 Å². The molecule has 1 aromatic carbocycles. The van der Waals surface area contributed by atoms with Crippen molar-refractivity contribution < 1.29 is 0 Å². The monoisotopic (exact) mass is 200 g/mol. The molecule has 1 aliphatic rings. The minimum Gasteiger partial charge on any atom is -0.126 e. The van der Waals surface area contributed by atoms with Gasteiger partial charge in [0.2, 0.25) is 0 Å². The molecule has 0 unspecified atom stereocenters. The molecule has 0 N–H and O–H groups in total. The van der Waals surface area contributed by atoms with Crippen LogP contribution in [0.2, 0.25) is 0 Å². The molecule has 0 spiro atoms. The number of hydrogen-bond donors (Lipinski definition) is 0. The van der Waals surface area contributed by atoms with Gasteiger partial charge in [0.15, 0.2) is 0 Å². The lowest BCUT2D eigenvalue weighted by Crippen LogP contribution is -1.81. The first-order valence-corrected chi connectivity index (χ1v) is 5.74. The van der Waals surface area contributed by atoms with Crippen LogP contribution in [0.1, 0.15) is 6.42 Å². The Morgan fingerprint density at radius 1 is 1.14 bits per heavy atom. The van der Waals surface area contributed by atoms with Crippen molar-refractivity contribution in [2.45, 2.75) is 11.3 Å². The highest BCUT2D eigenvalue weighted by Crippen LogP contribution is 2.20. The van der Waals surface area contributed by atoms with Gasteiger partial charge in [-0.25, -0.2) is 0 Å². The molecule has 14 heavy (non-hydrogen) atoms. The third kappa shape index (κ3) is 2.66. The molecule has 0 heterocycles. The summed E-state index contributed by atoms with van der Waals surface area (Å²) in [5.74, 6) is 1.13. The first kappa shape index (κ1) is 9.39. The molecule has 2 rings (SSSR count). The van der Waals surface area contributed by atoms with E-state index in [1.54, 1.807) is 0 Å². The Morgan fingerprint density at radius 2 is 2.00 bits per heavy atom. The minimum absolute atomic E-state index is 1.10. The summed E-state index contributed by atoms with van der Waals surface area (Å²) in [4.78, 5) is 1.35. The van der Waals surface area contributed by atoms with E-state index in [0.29, 0.717) is 0 Å². The molecule has 0 fully saturated rings. The van der Waals surface area contributed by atoms with E-state index in [0.717, 1.165) is 12.2 Å². The van der Waals surface area contributed by atoms with Gasteiger partial charge in [0, 0.05) is 10.6 Å². The molecule has 1 heteroatoms. The van der Waals surface area contributed by atoms with E-state index in [1.807, 2.05) is 23.9 Å². The maximum absolute atomic E-state index is 3.21. The number of rotatable bonds is 4. The van der Waals surface area contributed by atoms with Gasteiger partial charge in [-0.1, -0.05) is 30.4 Å². The van der Waals surface area contributed by atoms with E-state index >= 15 is 0 Å². The van der Waals surface area contributed by atoms with E-state index in [-0.39, 0.29) is 0 Å². The van der Waals surface area contributed by atoms with Crippen molar-refractivity contribution in [2.24, 2.45) is 0 Å². The Hall–Kier alpha value is -1.17. The van der Waals surface area contributed by atoms with Crippen LogP contribution in [0, 0.1) is 0 Å². The molecule has 0 aliphatic heterocycles. The van der Waals surface area contributed by atoms with Crippen molar-refractivity contribution in [1.29, 1.82) is 0 Å². The highest BCUT2D eigenvalue weighted by molar-refractivity contribution is 7.99. The second-order valence-electron chi connectivity index (χ2n) is 3.11. The maximum Gasteiger partial charge on any atom is 0.00720 e. The smallest absolute Gasteiger partial charge is 0.00720 e. The van der Waals surface area contributed by atoms with E-state index in [4.69, 9.17) is 0 Å². The third-order valence-electron chi connectivity index (χ3n) is 2.05. The summed E-state index contributed by atoms with van der Waals surface area (Å²) in [6.07, 6.45) is 7.25. The van der Waals surface area contributed by atoms with Crippen LogP contribution in [0.25, 0.3) is 0 Å². The van der Waals surface area contributed by atoms with Crippen molar-refractivity contribution in [2.75, 3.05) is 5.75 Å². The Bertz CT molecular complexity index is 381. The van der Waals surface area contributed by atoms with Gasteiger partial charge in [-0.15, -0.1) is 17.5 Å². The van der Waals surface area contributed by atoms with Gasteiger partial charge in [0.1, 0.15) is 0 Å². The molecular weight excluding hydrogens is 188 g/mol. The number of benzene rings is 1. The van der Waals surface area contributed by atoms with Crippen molar-refractivity contribution in [3.8, 4) is 0 Å². The molecule has 1 aliphatic carbocycles. The molecule has 0 aromatic heterocycles. The van der Waals surface area contributed by atoms with Crippen LogP contribution in [0.5, 0.6) is 0 Å². The van der Waals surface area contributed by atoms with Gasteiger partial charge >= 0.3 is 0 Å². The van der Waals surface area contributed by atoms with Crippen molar-refractivity contribution in [3.63, 3.8) is 0 Å². The first-order chi connectivity index (χ1) is 6.95. The molecule has 0 saturated carbocycles. The lowest BCUT2D eigenvalue weighted by atomic mass is 10.2.